The first-order valence-corrected chi connectivity index (χ1v) is 9.08. The molecule has 2 atom stereocenters. The highest BCUT2D eigenvalue weighted by atomic mass is 16.7. The maximum Gasteiger partial charge on any atom is 0.252 e. The minimum atomic E-state index is -0.338. The molecule has 1 fully saturated rings. The molecule has 1 amide bonds. The Morgan fingerprint density at radius 1 is 1.15 bits per heavy atom. The summed E-state index contributed by atoms with van der Waals surface area (Å²) in [5, 5.41) is 0. The van der Waals surface area contributed by atoms with E-state index in [1.54, 1.807) is 0 Å². The van der Waals surface area contributed by atoms with Crippen molar-refractivity contribution in [2.45, 2.75) is 38.5 Å². The van der Waals surface area contributed by atoms with E-state index in [4.69, 9.17) is 14.2 Å². The van der Waals surface area contributed by atoms with Gasteiger partial charge in [-0.15, -0.1) is 0 Å². The van der Waals surface area contributed by atoms with Gasteiger partial charge in [0.15, 0.2) is 11.5 Å². The first-order valence-electron chi connectivity index (χ1n) is 9.08. The molecule has 0 bridgehead atoms. The average molecular weight is 353 g/mol. The van der Waals surface area contributed by atoms with Gasteiger partial charge in [-0.1, -0.05) is 36.4 Å². The molecule has 26 heavy (non-hydrogen) atoms. The van der Waals surface area contributed by atoms with Crippen molar-refractivity contribution in [3.05, 3.63) is 59.7 Å². The summed E-state index contributed by atoms with van der Waals surface area (Å²) in [6, 6.07) is 15.9. The fourth-order valence-corrected chi connectivity index (χ4v) is 3.51. The minimum Gasteiger partial charge on any atom is -0.454 e. The van der Waals surface area contributed by atoms with Crippen molar-refractivity contribution in [2.24, 2.45) is 0 Å². The fraction of sp³-hybridized carbons (Fsp3) is 0.381. The van der Waals surface area contributed by atoms with E-state index in [2.05, 4.69) is 19.1 Å². The number of carbonyl (C=O) groups is 1. The maximum absolute atomic E-state index is 13.1. The Bertz CT molecular complexity index is 771. The number of benzene rings is 2. The molecule has 1 saturated heterocycles. The summed E-state index contributed by atoms with van der Waals surface area (Å²) in [5.41, 5.74) is 2.13. The van der Waals surface area contributed by atoms with Gasteiger partial charge in [-0.2, -0.15) is 0 Å². The van der Waals surface area contributed by atoms with Gasteiger partial charge in [0.05, 0.1) is 6.04 Å². The fourth-order valence-electron chi connectivity index (χ4n) is 3.51. The van der Waals surface area contributed by atoms with Crippen LogP contribution in [0.1, 0.15) is 36.9 Å². The van der Waals surface area contributed by atoms with E-state index < -0.39 is 0 Å². The number of hydrogen-bond donors (Lipinski definition) is 0. The van der Waals surface area contributed by atoms with Crippen LogP contribution in [0.2, 0.25) is 0 Å². The largest absolute Gasteiger partial charge is 0.454 e. The third kappa shape index (κ3) is 3.40. The third-order valence-corrected chi connectivity index (χ3v) is 5.03. The van der Waals surface area contributed by atoms with Crippen LogP contribution in [-0.2, 0) is 16.1 Å². The predicted molar refractivity (Wildman–Crippen MR) is 96.9 cm³/mol. The lowest BCUT2D eigenvalue weighted by atomic mass is 10.0. The maximum atomic E-state index is 13.1. The van der Waals surface area contributed by atoms with E-state index in [1.165, 1.54) is 0 Å². The molecule has 136 valence electrons. The Hall–Kier alpha value is -2.53. The first kappa shape index (κ1) is 16.9. The molecule has 2 aliphatic heterocycles. The summed E-state index contributed by atoms with van der Waals surface area (Å²) in [6.07, 6.45) is 1.39. The molecule has 0 spiro atoms. The van der Waals surface area contributed by atoms with Crippen LogP contribution < -0.4 is 9.47 Å². The van der Waals surface area contributed by atoms with Crippen LogP contribution in [0.25, 0.3) is 0 Å². The van der Waals surface area contributed by atoms with Crippen LogP contribution in [0.15, 0.2) is 48.5 Å². The number of rotatable bonds is 5. The molecule has 5 nitrogen and oxygen atoms in total. The second-order valence-corrected chi connectivity index (χ2v) is 6.74. The lowest BCUT2D eigenvalue weighted by Crippen LogP contribution is -2.40. The topological polar surface area (TPSA) is 48.0 Å². The van der Waals surface area contributed by atoms with Gasteiger partial charge in [0.2, 0.25) is 6.79 Å². The lowest BCUT2D eigenvalue weighted by molar-refractivity contribution is -0.144. The molecule has 2 aliphatic rings. The van der Waals surface area contributed by atoms with Crippen molar-refractivity contribution in [1.29, 1.82) is 0 Å². The van der Waals surface area contributed by atoms with Gasteiger partial charge >= 0.3 is 0 Å². The van der Waals surface area contributed by atoms with E-state index in [0.29, 0.717) is 13.2 Å². The van der Waals surface area contributed by atoms with Gasteiger partial charge in [0.1, 0.15) is 6.10 Å². The molecule has 0 N–H and O–H groups in total. The smallest absolute Gasteiger partial charge is 0.252 e. The highest BCUT2D eigenvalue weighted by molar-refractivity contribution is 5.81. The van der Waals surface area contributed by atoms with Crippen LogP contribution in [0.3, 0.4) is 0 Å². The minimum absolute atomic E-state index is 0.0432. The molecule has 2 heterocycles. The molecule has 2 aromatic carbocycles. The lowest BCUT2D eigenvalue weighted by Gasteiger charge is -2.31. The second-order valence-electron chi connectivity index (χ2n) is 6.74. The highest BCUT2D eigenvalue weighted by Crippen LogP contribution is 2.34. The Morgan fingerprint density at radius 3 is 2.73 bits per heavy atom. The molecule has 5 heteroatoms. The van der Waals surface area contributed by atoms with Crippen molar-refractivity contribution in [3.63, 3.8) is 0 Å². The van der Waals surface area contributed by atoms with E-state index >= 15 is 0 Å². The quantitative estimate of drug-likeness (QED) is 0.823. The molecule has 2 aromatic rings. The monoisotopic (exact) mass is 353 g/mol. The van der Waals surface area contributed by atoms with Gasteiger partial charge in [-0.25, -0.2) is 0 Å². The van der Waals surface area contributed by atoms with Gasteiger partial charge in [-0.3, -0.25) is 4.79 Å². The molecule has 0 aliphatic carbocycles. The average Bonchev–Trinajstić information content (AvgIpc) is 3.37. The van der Waals surface area contributed by atoms with E-state index in [-0.39, 0.29) is 24.8 Å². The normalized spacial score (nSPS) is 19.3. The third-order valence-electron chi connectivity index (χ3n) is 5.03. The Balaban J connectivity index is 1.60. The molecule has 0 aromatic heterocycles. The summed E-state index contributed by atoms with van der Waals surface area (Å²) in [4.78, 5) is 15.0. The molecule has 0 radical (unpaired) electrons. The van der Waals surface area contributed by atoms with Crippen molar-refractivity contribution in [1.82, 2.24) is 4.90 Å². The molecule has 0 unspecified atom stereocenters. The molecule has 4 rings (SSSR count). The number of carbonyl (C=O) groups excluding carboxylic acids is 1. The first-order chi connectivity index (χ1) is 12.7. The zero-order valence-electron chi connectivity index (χ0n) is 14.9. The molecule has 0 saturated carbocycles. The summed E-state index contributed by atoms with van der Waals surface area (Å²) < 4.78 is 16.5. The number of fused-ring (bicyclic) bond motifs is 1. The van der Waals surface area contributed by atoms with Crippen LogP contribution in [0.5, 0.6) is 11.5 Å². The van der Waals surface area contributed by atoms with Gasteiger partial charge in [0.25, 0.3) is 5.91 Å². The summed E-state index contributed by atoms with van der Waals surface area (Å²) in [7, 11) is 0. The van der Waals surface area contributed by atoms with Crippen LogP contribution in [-0.4, -0.2) is 30.3 Å². The van der Waals surface area contributed by atoms with Crippen molar-refractivity contribution in [3.8, 4) is 11.5 Å². The Morgan fingerprint density at radius 2 is 1.96 bits per heavy atom. The summed E-state index contributed by atoms with van der Waals surface area (Å²) >= 11 is 0. The summed E-state index contributed by atoms with van der Waals surface area (Å²) in [6.45, 7) is 3.48. The standard InChI is InChI=1S/C21H23NO4/c1-15(17-6-3-2-4-7-17)22(21(23)19-8-5-11-24-19)13-16-9-10-18-20(12-16)26-14-25-18/h2-4,6-7,9-10,12,15,19H,5,8,11,13-14H2,1H3/t15-,19+/m0/s1. The van der Waals surface area contributed by atoms with Crippen molar-refractivity contribution < 1.29 is 19.0 Å². The Labute approximate surface area is 153 Å². The van der Waals surface area contributed by atoms with Gasteiger partial charge in [0, 0.05) is 13.2 Å². The number of ether oxygens (including phenoxy) is 3. The van der Waals surface area contributed by atoms with Gasteiger partial charge < -0.3 is 19.1 Å². The van der Waals surface area contributed by atoms with E-state index in [1.807, 2.05) is 41.3 Å². The van der Waals surface area contributed by atoms with Crippen molar-refractivity contribution >= 4 is 5.91 Å². The van der Waals surface area contributed by atoms with Crippen LogP contribution >= 0.6 is 0 Å². The second kappa shape index (κ2) is 7.38. The predicted octanol–water partition coefficient (Wildman–Crippen LogP) is 3.68. The van der Waals surface area contributed by atoms with Gasteiger partial charge in [-0.05, 0) is 43.0 Å². The van der Waals surface area contributed by atoms with E-state index in [0.717, 1.165) is 35.5 Å². The SMILES string of the molecule is C[C@@H](c1ccccc1)N(Cc1ccc2c(c1)OCO2)C(=O)[C@H]1CCCO1. The zero-order chi connectivity index (χ0) is 17.9. The summed E-state index contributed by atoms with van der Waals surface area (Å²) in [5.74, 6) is 1.54. The number of nitrogens with zero attached hydrogens (tertiary/aromatic N) is 1. The van der Waals surface area contributed by atoms with Crippen molar-refractivity contribution in [2.75, 3.05) is 13.4 Å². The molecular weight excluding hydrogens is 330 g/mol. The Kier molecular flexibility index (Phi) is 4.80. The van der Waals surface area contributed by atoms with Crippen LogP contribution in [0, 0.1) is 0 Å². The van der Waals surface area contributed by atoms with Crippen LogP contribution in [0.4, 0.5) is 0 Å². The zero-order valence-corrected chi connectivity index (χ0v) is 14.9. The molecular formula is C21H23NO4. The highest BCUT2D eigenvalue weighted by Gasteiger charge is 2.31. The number of amides is 1. The van der Waals surface area contributed by atoms with E-state index in [9.17, 15) is 4.79 Å². The number of hydrogen-bond acceptors (Lipinski definition) is 4.